The Morgan fingerprint density at radius 3 is 2.66 bits per heavy atom. The van der Waals surface area contributed by atoms with Crippen LogP contribution in [0.4, 0.5) is 0 Å². The molecule has 2 heteroatoms. The zero-order valence-corrected chi connectivity index (χ0v) is 19.4. The Hall–Kier alpha value is -0.500. The molecule has 0 bridgehead atoms. The maximum Gasteiger partial charge on any atom is 0.0952 e. The molecule has 8 atom stereocenters. The van der Waals surface area contributed by atoms with Crippen molar-refractivity contribution in [1.82, 2.24) is 0 Å². The van der Waals surface area contributed by atoms with Gasteiger partial charge >= 0.3 is 0 Å². The molecular formula is C27H44O2. The lowest BCUT2D eigenvalue weighted by molar-refractivity contribution is -0.143. The lowest BCUT2D eigenvalue weighted by atomic mass is 9.44. The van der Waals surface area contributed by atoms with Gasteiger partial charge in [-0.15, -0.1) is 0 Å². The number of ether oxygens (including phenoxy) is 1. The van der Waals surface area contributed by atoms with Crippen molar-refractivity contribution in [2.75, 3.05) is 6.61 Å². The molecule has 0 saturated heterocycles. The molecule has 4 saturated carbocycles. The van der Waals surface area contributed by atoms with Crippen molar-refractivity contribution >= 4 is 0 Å². The second-order valence-corrected chi connectivity index (χ2v) is 12.3. The molecule has 2 nitrogen and oxygen atoms in total. The maximum atomic E-state index is 10.3. The van der Waals surface area contributed by atoms with Crippen molar-refractivity contribution in [3.8, 4) is 0 Å². The first-order valence-corrected chi connectivity index (χ1v) is 12.9. The molecule has 164 valence electrons. The minimum absolute atomic E-state index is 0.0285. The molecule has 4 aliphatic carbocycles. The molecule has 1 spiro atoms. The van der Waals surface area contributed by atoms with Crippen LogP contribution >= 0.6 is 0 Å². The van der Waals surface area contributed by atoms with Crippen LogP contribution in [0.3, 0.4) is 0 Å². The van der Waals surface area contributed by atoms with Crippen LogP contribution in [0.5, 0.6) is 0 Å². The third-order valence-corrected chi connectivity index (χ3v) is 10.8. The number of aliphatic hydroxyl groups excluding tert-OH is 1. The third kappa shape index (κ3) is 3.06. The maximum absolute atomic E-state index is 10.3. The lowest BCUT2D eigenvalue weighted by Crippen LogP contribution is -2.56. The molecule has 29 heavy (non-hydrogen) atoms. The first kappa shape index (κ1) is 20.4. The summed E-state index contributed by atoms with van der Waals surface area (Å²) in [5, 5.41) is 10.3. The number of fused-ring (bicyclic) bond motifs is 4. The van der Waals surface area contributed by atoms with Crippen LogP contribution in [-0.4, -0.2) is 17.8 Å². The highest BCUT2D eigenvalue weighted by Crippen LogP contribution is 2.69. The Bertz CT molecular complexity index is 665. The Morgan fingerprint density at radius 2 is 1.86 bits per heavy atom. The second kappa shape index (κ2) is 7.28. The molecule has 4 fully saturated rings. The molecule has 1 heterocycles. The summed E-state index contributed by atoms with van der Waals surface area (Å²) < 4.78 is 6.59. The van der Waals surface area contributed by atoms with Gasteiger partial charge in [0.05, 0.1) is 18.5 Å². The smallest absolute Gasteiger partial charge is 0.0952 e. The average Bonchev–Trinajstić information content (AvgIpc) is 3.08. The van der Waals surface area contributed by atoms with E-state index in [-0.39, 0.29) is 6.10 Å². The molecule has 1 N–H and O–H groups in total. The molecule has 0 aromatic carbocycles. The molecule has 5 aliphatic rings. The highest BCUT2D eigenvalue weighted by molar-refractivity contribution is 5.23. The van der Waals surface area contributed by atoms with E-state index in [9.17, 15) is 5.11 Å². The van der Waals surface area contributed by atoms with Gasteiger partial charge in [0.15, 0.2) is 0 Å². The fourth-order valence-corrected chi connectivity index (χ4v) is 9.19. The van der Waals surface area contributed by atoms with E-state index in [2.05, 4.69) is 27.7 Å². The minimum Gasteiger partial charge on any atom is -0.497 e. The van der Waals surface area contributed by atoms with Crippen molar-refractivity contribution in [2.24, 2.45) is 46.3 Å². The Kier molecular flexibility index (Phi) is 5.12. The molecule has 4 unspecified atom stereocenters. The van der Waals surface area contributed by atoms with E-state index in [4.69, 9.17) is 4.74 Å². The van der Waals surface area contributed by atoms with Crippen LogP contribution in [0.25, 0.3) is 0 Å². The van der Waals surface area contributed by atoms with E-state index < -0.39 is 0 Å². The largest absolute Gasteiger partial charge is 0.497 e. The first-order valence-electron chi connectivity index (χ1n) is 12.9. The normalized spacial score (nSPS) is 49.2. The number of aliphatic hydroxyl groups is 1. The van der Waals surface area contributed by atoms with Crippen molar-refractivity contribution < 1.29 is 9.84 Å². The first-order chi connectivity index (χ1) is 13.8. The van der Waals surface area contributed by atoms with Crippen LogP contribution < -0.4 is 0 Å². The van der Waals surface area contributed by atoms with Gasteiger partial charge in [-0.1, -0.05) is 20.8 Å². The molecule has 0 aromatic rings. The van der Waals surface area contributed by atoms with Crippen LogP contribution in [0.15, 0.2) is 11.3 Å². The third-order valence-electron chi connectivity index (χ3n) is 10.8. The van der Waals surface area contributed by atoms with Gasteiger partial charge in [0.2, 0.25) is 0 Å². The fraction of sp³-hybridized carbons (Fsp3) is 0.926. The quantitative estimate of drug-likeness (QED) is 0.569. The Balaban J connectivity index is 1.38. The van der Waals surface area contributed by atoms with Gasteiger partial charge in [0.1, 0.15) is 0 Å². The van der Waals surface area contributed by atoms with Crippen LogP contribution in [0.2, 0.25) is 0 Å². The Labute approximate surface area is 178 Å². The predicted molar refractivity (Wildman–Crippen MR) is 118 cm³/mol. The van der Waals surface area contributed by atoms with Crippen LogP contribution in [-0.2, 0) is 4.74 Å². The molecule has 1 aliphatic heterocycles. The van der Waals surface area contributed by atoms with Gasteiger partial charge in [-0.25, -0.2) is 0 Å². The number of rotatable bonds is 3. The topological polar surface area (TPSA) is 29.5 Å². The van der Waals surface area contributed by atoms with Gasteiger partial charge < -0.3 is 9.84 Å². The summed E-state index contributed by atoms with van der Waals surface area (Å²) in [6.45, 7) is 10.7. The average molecular weight is 401 g/mol. The summed E-state index contributed by atoms with van der Waals surface area (Å²) >= 11 is 0. The predicted octanol–water partition coefficient (Wildman–Crippen LogP) is 6.73. The number of hydrogen-bond donors (Lipinski definition) is 1. The summed E-state index contributed by atoms with van der Waals surface area (Å²) in [7, 11) is 0. The van der Waals surface area contributed by atoms with Gasteiger partial charge in [-0.2, -0.15) is 0 Å². The Morgan fingerprint density at radius 1 is 1.03 bits per heavy atom. The fourth-order valence-electron chi connectivity index (χ4n) is 9.19. The van der Waals surface area contributed by atoms with Gasteiger partial charge in [0, 0.05) is 11.8 Å². The monoisotopic (exact) mass is 400 g/mol. The zero-order chi connectivity index (χ0) is 20.4. The molecule has 0 amide bonds. The van der Waals surface area contributed by atoms with Gasteiger partial charge in [-0.3, -0.25) is 0 Å². The summed E-state index contributed by atoms with van der Waals surface area (Å²) in [4.78, 5) is 0. The van der Waals surface area contributed by atoms with Crippen LogP contribution in [0.1, 0.15) is 98.3 Å². The summed E-state index contributed by atoms with van der Waals surface area (Å²) in [5.74, 6) is 6.38. The van der Waals surface area contributed by atoms with E-state index >= 15 is 0 Å². The highest BCUT2D eigenvalue weighted by Gasteiger charge is 2.63. The van der Waals surface area contributed by atoms with Crippen molar-refractivity contribution in [2.45, 2.75) is 104 Å². The number of hydrogen-bond acceptors (Lipinski definition) is 2. The van der Waals surface area contributed by atoms with E-state index in [0.29, 0.717) is 10.8 Å². The van der Waals surface area contributed by atoms with Gasteiger partial charge in [-0.05, 0) is 118 Å². The van der Waals surface area contributed by atoms with E-state index in [0.717, 1.165) is 61.4 Å². The van der Waals surface area contributed by atoms with Crippen molar-refractivity contribution in [1.29, 1.82) is 0 Å². The zero-order valence-electron chi connectivity index (χ0n) is 19.4. The van der Waals surface area contributed by atoms with Gasteiger partial charge in [0.25, 0.3) is 0 Å². The van der Waals surface area contributed by atoms with E-state index in [1.807, 2.05) is 0 Å². The van der Waals surface area contributed by atoms with E-state index in [1.54, 1.807) is 5.57 Å². The minimum atomic E-state index is -0.0285. The van der Waals surface area contributed by atoms with E-state index in [1.165, 1.54) is 57.1 Å². The number of allylic oxidation sites excluding steroid dienone is 2. The van der Waals surface area contributed by atoms with Crippen LogP contribution in [0, 0.1) is 46.3 Å². The molecule has 0 radical (unpaired) electrons. The molecule has 5 rings (SSSR count). The molecule has 0 aromatic heterocycles. The summed E-state index contributed by atoms with van der Waals surface area (Å²) in [6.07, 6.45) is 14.2. The standard InChI is InChI=1S/C27H44O2/c1-17(2)5-10-25-18(3)22-8-9-24-21-7-6-19-15-20(28)11-13-26(19,4)23(21)12-14-27(22,24)16-29-25/h17,19-24,28H,5-16H2,1-4H3/t19?,20-,21?,22+,23?,24?,26-,27-/m0/s1. The highest BCUT2D eigenvalue weighted by atomic mass is 16.5. The van der Waals surface area contributed by atoms with Crippen molar-refractivity contribution in [3.05, 3.63) is 11.3 Å². The molecular weight excluding hydrogens is 356 g/mol. The summed E-state index contributed by atoms with van der Waals surface area (Å²) in [6, 6.07) is 0. The van der Waals surface area contributed by atoms with Crippen molar-refractivity contribution in [3.63, 3.8) is 0 Å². The SMILES string of the molecule is CC1=C(CCC(C)C)OC[C@]23CCC4C(CCC5C[C@@H](O)CC[C@@]54C)C2CC[C@H]13. The second-order valence-electron chi connectivity index (χ2n) is 12.3. The summed E-state index contributed by atoms with van der Waals surface area (Å²) in [5.41, 5.74) is 2.56. The lowest BCUT2D eigenvalue weighted by Gasteiger charge is -2.61.